The molecule has 0 atom stereocenters. The Balaban J connectivity index is 1.85. The van der Waals surface area contributed by atoms with Gasteiger partial charge >= 0.3 is 0 Å². The largest absolute Gasteiger partial charge is 0.325 e. The lowest BCUT2D eigenvalue weighted by Gasteiger charge is -2.25. The molecule has 0 aliphatic carbocycles. The van der Waals surface area contributed by atoms with Gasteiger partial charge in [0.25, 0.3) is 0 Å². The Bertz CT molecular complexity index is 472. The van der Waals surface area contributed by atoms with Gasteiger partial charge in [-0.25, -0.2) is 0 Å². The molecular weight excluding hydrogens is 242 g/mol. The lowest BCUT2D eigenvalue weighted by atomic mass is 10.1. The number of likely N-dealkylation sites (tertiary alicyclic amines) is 1. The van der Waals surface area contributed by atoms with E-state index in [4.69, 9.17) is 5.53 Å². The van der Waals surface area contributed by atoms with Crippen molar-refractivity contribution in [2.75, 3.05) is 25.0 Å². The lowest BCUT2D eigenvalue weighted by Crippen LogP contribution is -2.36. The molecule has 1 N–H and O–H groups in total. The average molecular weight is 259 g/mol. The third-order valence-electron chi connectivity index (χ3n) is 3.13. The highest BCUT2D eigenvalue weighted by molar-refractivity contribution is 5.92. The van der Waals surface area contributed by atoms with Gasteiger partial charge in [0.15, 0.2) is 0 Å². The molecule has 1 aliphatic heterocycles. The molecule has 1 heterocycles. The summed E-state index contributed by atoms with van der Waals surface area (Å²) >= 11 is 0. The van der Waals surface area contributed by atoms with Crippen molar-refractivity contribution in [2.24, 2.45) is 5.11 Å². The normalized spacial score (nSPS) is 15.6. The third-order valence-corrected chi connectivity index (χ3v) is 3.13. The molecule has 0 aromatic heterocycles. The highest BCUT2D eigenvalue weighted by Gasteiger charge is 2.13. The Morgan fingerprint density at radius 2 is 1.95 bits per heavy atom. The minimum absolute atomic E-state index is 0.00145. The Kier molecular flexibility index (Phi) is 4.78. The molecule has 1 saturated heterocycles. The minimum Gasteiger partial charge on any atom is -0.325 e. The van der Waals surface area contributed by atoms with Gasteiger partial charge in [0.2, 0.25) is 5.91 Å². The van der Waals surface area contributed by atoms with Gasteiger partial charge in [-0.3, -0.25) is 9.69 Å². The molecule has 6 heteroatoms. The number of amides is 1. The molecule has 2 rings (SSSR count). The molecule has 1 aliphatic rings. The van der Waals surface area contributed by atoms with Crippen LogP contribution in [0.3, 0.4) is 0 Å². The smallest absolute Gasteiger partial charge is 0.238 e. The van der Waals surface area contributed by atoms with Gasteiger partial charge in [-0.05, 0) is 43.6 Å². The van der Waals surface area contributed by atoms with E-state index in [1.54, 1.807) is 24.3 Å². The summed E-state index contributed by atoms with van der Waals surface area (Å²) < 4.78 is 0. The highest BCUT2D eigenvalue weighted by Crippen LogP contribution is 2.16. The summed E-state index contributed by atoms with van der Waals surface area (Å²) in [5.41, 5.74) is 9.56. The second-order valence-electron chi connectivity index (χ2n) is 4.62. The predicted octanol–water partition coefficient (Wildman–Crippen LogP) is 3.05. The summed E-state index contributed by atoms with van der Waals surface area (Å²) in [4.78, 5) is 16.7. The third kappa shape index (κ3) is 4.28. The molecule has 19 heavy (non-hydrogen) atoms. The van der Waals surface area contributed by atoms with Crippen molar-refractivity contribution >= 4 is 17.3 Å². The van der Waals surface area contributed by atoms with E-state index < -0.39 is 0 Å². The van der Waals surface area contributed by atoms with Gasteiger partial charge in [0.05, 0.1) is 6.54 Å². The van der Waals surface area contributed by atoms with Crippen molar-refractivity contribution in [3.63, 3.8) is 0 Å². The van der Waals surface area contributed by atoms with Crippen molar-refractivity contribution < 1.29 is 4.79 Å². The number of anilines is 1. The second-order valence-corrected chi connectivity index (χ2v) is 4.62. The van der Waals surface area contributed by atoms with Crippen molar-refractivity contribution in [3.05, 3.63) is 34.7 Å². The maximum absolute atomic E-state index is 11.9. The first kappa shape index (κ1) is 13.4. The van der Waals surface area contributed by atoms with Crippen LogP contribution >= 0.6 is 0 Å². The number of carbonyl (C=O) groups is 1. The van der Waals surface area contributed by atoms with Crippen LogP contribution < -0.4 is 5.32 Å². The summed E-state index contributed by atoms with van der Waals surface area (Å²) in [5, 5.41) is 6.32. The van der Waals surface area contributed by atoms with E-state index in [0.29, 0.717) is 12.2 Å². The number of hydrogen-bond acceptors (Lipinski definition) is 3. The van der Waals surface area contributed by atoms with Crippen LogP contribution in [0.2, 0.25) is 0 Å². The summed E-state index contributed by atoms with van der Waals surface area (Å²) in [6.45, 7) is 2.45. The van der Waals surface area contributed by atoms with Gasteiger partial charge in [0.1, 0.15) is 0 Å². The number of nitrogens with one attached hydrogen (secondary N) is 1. The number of carbonyl (C=O) groups excluding carboxylic acids is 1. The van der Waals surface area contributed by atoms with E-state index in [1.165, 1.54) is 19.3 Å². The number of rotatable bonds is 4. The van der Waals surface area contributed by atoms with Crippen molar-refractivity contribution in [2.45, 2.75) is 19.3 Å². The Labute approximate surface area is 112 Å². The van der Waals surface area contributed by atoms with Crippen LogP contribution in [-0.4, -0.2) is 30.4 Å². The summed E-state index contributed by atoms with van der Waals surface area (Å²) in [5.74, 6) is -0.00145. The van der Waals surface area contributed by atoms with Crippen LogP contribution in [0.25, 0.3) is 10.4 Å². The zero-order valence-electron chi connectivity index (χ0n) is 10.7. The zero-order chi connectivity index (χ0) is 13.5. The molecular formula is C13H17N5O. The minimum atomic E-state index is -0.00145. The van der Waals surface area contributed by atoms with E-state index in [-0.39, 0.29) is 5.91 Å². The molecule has 1 aromatic carbocycles. The van der Waals surface area contributed by atoms with Gasteiger partial charge in [-0.15, -0.1) is 0 Å². The molecule has 0 radical (unpaired) electrons. The SMILES string of the molecule is [N-]=[N+]=Nc1ccc(NC(=O)CN2CCCCC2)cc1. The molecule has 1 amide bonds. The second kappa shape index (κ2) is 6.78. The topological polar surface area (TPSA) is 81.1 Å². The fraction of sp³-hybridized carbons (Fsp3) is 0.462. The number of benzene rings is 1. The fourth-order valence-corrected chi connectivity index (χ4v) is 2.18. The van der Waals surface area contributed by atoms with Crippen molar-refractivity contribution in [1.29, 1.82) is 0 Å². The van der Waals surface area contributed by atoms with E-state index in [9.17, 15) is 4.79 Å². The molecule has 100 valence electrons. The maximum atomic E-state index is 11.9. The monoisotopic (exact) mass is 259 g/mol. The predicted molar refractivity (Wildman–Crippen MR) is 74.2 cm³/mol. The standard InChI is InChI=1S/C13H17N5O/c14-17-16-12-6-4-11(5-7-12)15-13(19)10-18-8-2-1-3-9-18/h4-7H,1-3,8-10H2,(H,15,19). The summed E-state index contributed by atoms with van der Waals surface area (Å²) in [7, 11) is 0. The van der Waals surface area contributed by atoms with Crippen LogP contribution in [0.15, 0.2) is 29.4 Å². The van der Waals surface area contributed by atoms with E-state index >= 15 is 0 Å². The molecule has 0 unspecified atom stereocenters. The quantitative estimate of drug-likeness (QED) is 0.512. The molecule has 6 nitrogen and oxygen atoms in total. The zero-order valence-corrected chi connectivity index (χ0v) is 10.7. The van der Waals surface area contributed by atoms with Gasteiger partial charge < -0.3 is 5.32 Å². The lowest BCUT2D eigenvalue weighted by molar-refractivity contribution is -0.117. The van der Waals surface area contributed by atoms with Gasteiger partial charge in [-0.2, -0.15) is 0 Å². The van der Waals surface area contributed by atoms with Crippen molar-refractivity contribution in [1.82, 2.24) is 4.90 Å². The van der Waals surface area contributed by atoms with Crippen LogP contribution in [0, 0.1) is 0 Å². The number of azide groups is 1. The van der Waals surface area contributed by atoms with Crippen LogP contribution in [0.5, 0.6) is 0 Å². The van der Waals surface area contributed by atoms with E-state index in [0.717, 1.165) is 18.8 Å². The number of hydrogen-bond donors (Lipinski definition) is 1. The Hall–Kier alpha value is -2.04. The number of nitrogens with zero attached hydrogens (tertiary/aromatic N) is 4. The van der Waals surface area contributed by atoms with Crippen LogP contribution in [0.1, 0.15) is 19.3 Å². The number of piperidine rings is 1. The first-order valence-corrected chi connectivity index (χ1v) is 6.45. The van der Waals surface area contributed by atoms with Crippen LogP contribution in [0.4, 0.5) is 11.4 Å². The summed E-state index contributed by atoms with van der Waals surface area (Å²) in [6, 6.07) is 6.82. The van der Waals surface area contributed by atoms with Crippen molar-refractivity contribution in [3.8, 4) is 0 Å². The molecule has 0 saturated carbocycles. The molecule has 1 fully saturated rings. The first-order chi connectivity index (χ1) is 9.28. The highest BCUT2D eigenvalue weighted by atomic mass is 16.2. The average Bonchev–Trinajstić information content (AvgIpc) is 2.42. The Morgan fingerprint density at radius 1 is 1.26 bits per heavy atom. The van der Waals surface area contributed by atoms with E-state index in [2.05, 4.69) is 20.2 Å². The molecule has 0 spiro atoms. The molecule has 1 aromatic rings. The van der Waals surface area contributed by atoms with Crippen LogP contribution in [-0.2, 0) is 4.79 Å². The van der Waals surface area contributed by atoms with Gasteiger partial charge in [0, 0.05) is 16.3 Å². The van der Waals surface area contributed by atoms with E-state index in [1.807, 2.05) is 0 Å². The molecule has 0 bridgehead atoms. The maximum Gasteiger partial charge on any atom is 0.238 e. The summed E-state index contributed by atoms with van der Waals surface area (Å²) in [6.07, 6.45) is 3.61. The first-order valence-electron chi connectivity index (χ1n) is 6.45. The van der Waals surface area contributed by atoms with Gasteiger partial charge in [-0.1, -0.05) is 23.7 Å². The Morgan fingerprint density at radius 3 is 2.58 bits per heavy atom. The fourth-order valence-electron chi connectivity index (χ4n) is 2.18.